The summed E-state index contributed by atoms with van der Waals surface area (Å²) in [6.07, 6.45) is 8.24. The number of rotatable bonds is 4. The highest BCUT2D eigenvalue weighted by Gasteiger charge is 2.27. The molecular weight excluding hydrogens is 318 g/mol. The largest absolute Gasteiger partial charge is 0.337 e. The Balaban J connectivity index is 1.55. The molecule has 0 aromatic carbocycles. The van der Waals surface area contributed by atoms with E-state index in [1.807, 2.05) is 11.8 Å². The molecule has 7 nitrogen and oxygen atoms in total. The van der Waals surface area contributed by atoms with Crippen LogP contribution in [0.25, 0.3) is 0 Å². The molecule has 1 saturated carbocycles. The minimum Gasteiger partial charge on any atom is -0.337 e. The van der Waals surface area contributed by atoms with Gasteiger partial charge in [0.05, 0.1) is 0 Å². The van der Waals surface area contributed by atoms with Gasteiger partial charge in [-0.05, 0) is 46.7 Å². The Morgan fingerprint density at radius 1 is 1.24 bits per heavy atom. The number of carbonyl (C=O) groups is 1. The Morgan fingerprint density at radius 3 is 2.72 bits per heavy atom. The maximum atomic E-state index is 12.6. The van der Waals surface area contributed by atoms with E-state index in [-0.39, 0.29) is 12.1 Å². The van der Waals surface area contributed by atoms with Crippen LogP contribution in [0, 0.1) is 0 Å². The number of hydrogen-bond acceptors (Lipinski definition) is 5. The van der Waals surface area contributed by atoms with E-state index in [0.717, 1.165) is 44.6 Å². The van der Waals surface area contributed by atoms with Gasteiger partial charge in [0.15, 0.2) is 5.82 Å². The zero-order chi connectivity index (χ0) is 17.8. The molecule has 1 saturated heterocycles. The molecule has 0 spiro atoms. The van der Waals surface area contributed by atoms with Gasteiger partial charge >= 0.3 is 6.03 Å². The van der Waals surface area contributed by atoms with Crippen LogP contribution in [0.3, 0.4) is 0 Å². The third kappa shape index (κ3) is 4.51. The molecule has 2 fully saturated rings. The summed E-state index contributed by atoms with van der Waals surface area (Å²) < 4.78 is 5.42. The van der Waals surface area contributed by atoms with Gasteiger partial charge in [0.25, 0.3) is 0 Å². The molecule has 1 aromatic heterocycles. The first-order chi connectivity index (χ1) is 12.0. The van der Waals surface area contributed by atoms with E-state index in [4.69, 9.17) is 4.52 Å². The van der Waals surface area contributed by atoms with Crippen molar-refractivity contribution in [1.29, 1.82) is 0 Å². The second-order valence-corrected chi connectivity index (χ2v) is 7.70. The summed E-state index contributed by atoms with van der Waals surface area (Å²) in [5, 5.41) is 7.17. The quantitative estimate of drug-likeness (QED) is 0.905. The van der Waals surface area contributed by atoms with E-state index in [0.29, 0.717) is 17.9 Å². The van der Waals surface area contributed by atoms with Gasteiger partial charge in [0, 0.05) is 25.0 Å². The minimum atomic E-state index is -0.267. The van der Waals surface area contributed by atoms with Crippen LogP contribution in [0.1, 0.15) is 75.5 Å². The van der Waals surface area contributed by atoms with Crippen LogP contribution >= 0.6 is 0 Å². The molecule has 2 aliphatic rings. The molecule has 25 heavy (non-hydrogen) atoms. The molecule has 140 valence electrons. The average Bonchev–Trinajstić information content (AvgIpc) is 3.13. The van der Waals surface area contributed by atoms with Crippen molar-refractivity contribution in [1.82, 2.24) is 25.3 Å². The average molecular weight is 349 g/mol. The topological polar surface area (TPSA) is 74.5 Å². The van der Waals surface area contributed by atoms with Crippen LogP contribution < -0.4 is 5.32 Å². The number of nitrogens with zero attached hydrogens (tertiary/aromatic N) is 4. The Hall–Kier alpha value is -1.63. The number of nitrogens with one attached hydrogen (secondary N) is 1. The van der Waals surface area contributed by atoms with E-state index in [2.05, 4.69) is 34.5 Å². The SMILES string of the molecule is C[C@@H](NC(=O)N1CCC[C@H](N(C)C)C1)c1nc(C2CCCCC2)no1. The van der Waals surface area contributed by atoms with Crippen LogP contribution in [0.4, 0.5) is 4.79 Å². The molecule has 3 rings (SSSR count). The van der Waals surface area contributed by atoms with Crippen molar-refractivity contribution in [3.63, 3.8) is 0 Å². The van der Waals surface area contributed by atoms with E-state index >= 15 is 0 Å². The third-order valence-corrected chi connectivity index (χ3v) is 5.55. The van der Waals surface area contributed by atoms with Crippen LogP contribution in [-0.2, 0) is 0 Å². The lowest BCUT2D eigenvalue weighted by Gasteiger charge is -2.36. The smallest absolute Gasteiger partial charge is 0.318 e. The van der Waals surface area contributed by atoms with Crippen LogP contribution in [-0.4, -0.2) is 59.2 Å². The Bertz CT molecular complexity index is 568. The molecule has 2 amide bonds. The highest BCUT2D eigenvalue weighted by Crippen LogP contribution is 2.31. The summed E-state index contributed by atoms with van der Waals surface area (Å²) in [7, 11) is 4.14. The van der Waals surface area contributed by atoms with Gasteiger partial charge < -0.3 is 19.6 Å². The molecule has 2 atom stereocenters. The monoisotopic (exact) mass is 349 g/mol. The lowest BCUT2D eigenvalue weighted by atomic mass is 9.89. The number of likely N-dealkylation sites (N-methyl/N-ethyl adjacent to an activating group) is 1. The van der Waals surface area contributed by atoms with Gasteiger partial charge in [-0.3, -0.25) is 0 Å². The molecule has 0 unspecified atom stereocenters. The van der Waals surface area contributed by atoms with Crippen molar-refractivity contribution in [2.45, 2.75) is 69.9 Å². The maximum Gasteiger partial charge on any atom is 0.318 e. The number of amides is 2. The summed E-state index contributed by atoms with van der Waals surface area (Å²) in [4.78, 5) is 21.2. The normalized spacial score (nSPS) is 23.7. The first-order valence-electron chi connectivity index (χ1n) is 9.60. The fraction of sp³-hybridized carbons (Fsp3) is 0.833. The maximum absolute atomic E-state index is 12.6. The lowest BCUT2D eigenvalue weighted by Crippen LogP contribution is -2.51. The number of aromatic nitrogens is 2. The zero-order valence-corrected chi connectivity index (χ0v) is 15.7. The Labute approximate surface area is 150 Å². The summed E-state index contributed by atoms with van der Waals surface area (Å²) >= 11 is 0. The molecule has 2 heterocycles. The van der Waals surface area contributed by atoms with Crippen LogP contribution in [0.15, 0.2) is 4.52 Å². The molecule has 1 N–H and O–H groups in total. The number of urea groups is 1. The van der Waals surface area contributed by atoms with Crippen LogP contribution in [0.2, 0.25) is 0 Å². The second-order valence-electron chi connectivity index (χ2n) is 7.70. The predicted octanol–water partition coefficient (Wildman–Crippen LogP) is 2.91. The summed E-state index contributed by atoms with van der Waals surface area (Å²) in [5.74, 6) is 1.73. The molecule has 1 aromatic rings. The van der Waals surface area contributed by atoms with Gasteiger partial charge in [-0.1, -0.05) is 24.4 Å². The summed E-state index contributed by atoms with van der Waals surface area (Å²) in [6, 6.07) is 0.115. The first-order valence-corrected chi connectivity index (χ1v) is 9.60. The fourth-order valence-corrected chi connectivity index (χ4v) is 3.85. The Morgan fingerprint density at radius 2 is 2.00 bits per heavy atom. The lowest BCUT2D eigenvalue weighted by molar-refractivity contribution is 0.137. The number of hydrogen-bond donors (Lipinski definition) is 1. The highest BCUT2D eigenvalue weighted by atomic mass is 16.5. The number of piperidine rings is 1. The van der Waals surface area contributed by atoms with Gasteiger partial charge in [-0.2, -0.15) is 4.98 Å². The van der Waals surface area contributed by atoms with Crippen molar-refractivity contribution in [3.8, 4) is 0 Å². The fourth-order valence-electron chi connectivity index (χ4n) is 3.85. The van der Waals surface area contributed by atoms with Crippen molar-refractivity contribution >= 4 is 6.03 Å². The molecule has 0 radical (unpaired) electrons. The molecule has 0 bridgehead atoms. The van der Waals surface area contributed by atoms with Crippen molar-refractivity contribution in [2.75, 3.05) is 27.2 Å². The third-order valence-electron chi connectivity index (χ3n) is 5.55. The minimum absolute atomic E-state index is 0.0449. The Kier molecular flexibility index (Phi) is 5.93. The molecule has 1 aliphatic carbocycles. The molecule has 7 heteroatoms. The van der Waals surface area contributed by atoms with E-state index in [1.54, 1.807) is 0 Å². The second kappa shape index (κ2) is 8.17. The van der Waals surface area contributed by atoms with Crippen molar-refractivity contribution < 1.29 is 9.32 Å². The molecular formula is C18H31N5O2. The van der Waals surface area contributed by atoms with Crippen molar-refractivity contribution in [3.05, 3.63) is 11.7 Å². The van der Waals surface area contributed by atoms with Gasteiger partial charge in [0.2, 0.25) is 5.89 Å². The van der Waals surface area contributed by atoms with Gasteiger partial charge in [-0.15, -0.1) is 0 Å². The highest BCUT2D eigenvalue weighted by molar-refractivity contribution is 5.74. The number of likely N-dealkylation sites (tertiary alicyclic amines) is 1. The van der Waals surface area contributed by atoms with Crippen molar-refractivity contribution in [2.24, 2.45) is 0 Å². The van der Waals surface area contributed by atoms with E-state index in [1.165, 1.54) is 19.3 Å². The first kappa shape index (κ1) is 18.2. The standard InChI is InChI=1S/C18H31N5O2/c1-13(17-20-16(21-25-17)14-8-5-4-6-9-14)19-18(24)23-11-7-10-15(12-23)22(2)3/h13-15H,4-12H2,1-3H3,(H,19,24)/t13-,15+/m1/s1. The number of carbonyl (C=O) groups excluding carboxylic acids is 1. The van der Waals surface area contributed by atoms with E-state index in [9.17, 15) is 4.79 Å². The summed E-state index contributed by atoms with van der Waals surface area (Å²) in [5.41, 5.74) is 0. The summed E-state index contributed by atoms with van der Waals surface area (Å²) in [6.45, 7) is 3.48. The zero-order valence-electron chi connectivity index (χ0n) is 15.7. The van der Waals surface area contributed by atoms with Gasteiger partial charge in [0.1, 0.15) is 6.04 Å². The predicted molar refractivity (Wildman–Crippen MR) is 95.4 cm³/mol. The van der Waals surface area contributed by atoms with Gasteiger partial charge in [-0.25, -0.2) is 4.79 Å². The van der Waals surface area contributed by atoms with Crippen LogP contribution in [0.5, 0.6) is 0 Å². The molecule has 1 aliphatic heterocycles. The van der Waals surface area contributed by atoms with E-state index < -0.39 is 0 Å².